The highest BCUT2D eigenvalue weighted by Crippen LogP contribution is 2.32. The van der Waals surface area contributed by atoms with Gasteiger partial charge in [-0.1, -0.05) is 17.7 Å². The zero-order valence-corrected chi connectivity index (χ0v) is 12.7. The van der Waals surface area contributed by atoms with Crippen molar-refractivity contribution in [3.63, 3.8) is 0 Å². The van der Waals surface area contributed by atoms with E-state index in [1.165, 1.54) is 0 Å². The molecule has 0 heterocycles. The average Bonchev–Trinajstić information content (AvgIpc) is 2.36. The summed E-state index contributed by atoms with van der Waals surface area (Å²) in [6.45, 7) is 8.19. The predicted octanol–water partition coefficient (Wildman–Crippen LogP) is 2.77. The number of likely N-dealkylation sites (N-methyl/N-ethyl adjacent to an activating group) is 1. The van der Waals surface area contributed by atoms with Crippen LogP contribution in [0.5, 0.6) is 5.75 Å². The Balaban J connectivity index is 3.17. The smallest absolute Gasteiger partial charge is 0.118 e. The zero-order chi connectivity index (χ0) is 14.6. The molecule has 0 spiro atoms. The first-order valence-electron chi connectivity index (χ1n) is 6.55. The summed E-state index contributed by atoms with van der Waals surface area (Å²) in [5.41, 5.74) is 8.47. The largest absolute Gasteiger partial charge is 0.497 e. The molecule has 0 aromatic heterocycles. The van der Waals surface area contributed by atoms with Crippen molar-refractivity contribution in [2.24, 2.45) is 5.73 Å². The van der Waals surface area contributed by atoms with Crippen molar-refractivity contribution in [3.8, 4) is 5.75 Å². The molecular formula is C16H26N2O. The minimum absolute atomic E-state index is 0.206. The molecule has 2 atom stereocenters. The maximum atomic E-state index is 6.71. The fourth-order valence-electron chi connectivity index (χ4n) is 2.35. The number of nitrogens with two attached hydrogens (primary N) is 1. The predicted molar refractivity (Wildman–Crippen MR) is 81.4 cm³/mol. The van der Waals surface area contributed by atoms with E-state index in [9.17, 15) is 0 Å². The molecule has 2 N–H and O–H groups in total. The van der Waals surface area contributed by atoms with Crippen LogP contribution in [0.1, 0.15) is 25.8 Å². The van der Waals surface area contributed by atoms with Gasteiger partial charge in [-0.3, -0.25) is 0 Å². The molecule has 0 fully saturated rings. The third-order valence-electron chi connectivity index (χ3n) is 3.74. The second kappa shape index (κ2) is 6.22. The van der Waals surface area contributed by atoms with E-state index in [-0.39, 0.29) is 6.04 Å². The summed E-state index contributed by atoms with van der Waals surface area (Å²) in [5.74, 6) is 0.846. The first kappa shape index (κ1) is 15.7. The fraction of sp³-hybridized carbons (Fsp3) is 0.500. The Labute approximate surface area is 117 Å². The Bertz CT molecular complexity index is 425. The van der Waals surface area contributed by atoms with Gasteiger partial charge in [0.2, 0.25) is 0 Å². The van der Waals surface area contributed by atoms with Gasteiger partial charge >= 0.3 is 0 Å². The Morgan fingerprint density at radius 1 is 1.37 bits per heavy atom. The lowest BCUT2D eigenvalue weighted by atomic mass is 9.79. The molecule has 1 aromatic carbocycles. The molecule has 0 bridgehead atoms. The van der Waals surface area contributed by atoms with Crippen molar-refractivity contribution in [1.29, 1.82) is 0 Å². The highest BCUT2D eigenvalue weighted by Gasteiger charge is 2.35. The molecule has 1 aromatic rings. The van der Waals surface area contributed by atoms with E-state index in [1.807, 2.05) is 45.3 Å². The Morgan fingerprint density at radius 3 is 2.26 bits per heavy atom. The molecule has 0 aliphatic heterocycles. The molecule has 0 amide bonds. The van der Waals surface area contributed by atoms with Gasteiger partial charge in [0.15, 0.2) is 0 Å². The van der Waals surface area contributed by atoms with Crippen molar-refractivity contribution in [2.45, 2.75) is 31.8 Å². The van der Waals surface area contributed by atoms with E-state index in [2.05, 4.69) is 18.4 Å². The maximum Gasteiger partial charge on any atom is 0.118 e. The van der Waals surface area contributed by atoms with Crippen molar-refractivity contribution in [3.05, 3.63) is 42.0 Å². The summed E-state index contributed by atoms with van der Waals surface area (Å²) in [7, 11) is 5.77. The van der Waals surface area contributed by atoms with Crippen LogP contribution in [-0.2, 0) is 5.54 Å². The van der Waals surface area contributed by atoms with Gasteiger partial charge in [-0.05, 0) is 52.1 Å². The van der Waals surface area contributed by atoms with Crippen molar-refractivity contribution >= 4 is 0 Å². The molecule has 106 valence electrons. The summed E-state index contributed by atoms with van der Waals surface area (Å²) >= 11 is 0. The zero-order valence-electron chi connectivity index (χ0n) is 12.7. The third-order valence-corrected chi connectivity index (χ3v) is 3.74. The van der Waals surface area contributed by atoms with Crippen LogP contribution in [0, 0.1) is 0 Å². The number of hydrogen-bond donors (Lipinski definition) is 1. The van der Waals surface area contributed by atoms with Crippen molar-refractivity contribution < 1.29 is 4.74 Å². The van der Waals surface area contributed by atoms with Crippen LogP contribution in [0.15, 0.2) is 36.4 Å². The van der Waals surface area contributed by atoms with Gasteiger partial charge in [0, 0.05) is 6.04 Å². The van der Waals surface area contributed by atoms with E-state index in [0.717, 1.165) is 23.3 Å². The average molecular weight is 262 g/mol. The van der Waals surface area contributed by atoms with Crippen LogP contribution in [0.3, 0.4) is 0 Å². The van der Waals surface area contributed by atoms with E-state index >= 15 is 0 Å². The lowest BCUT2D eigenvalue weighted by Gasteiger charge is -2.40. The Kier molecular flexibility index (Phi) is 5.15. The molecule has 19 heavy (non-hydrogen) atoms. The molecule has 0 aliphatic carbocycles. The van der Waals surface area contributed by atoms with Crippen molar-refractivity contribution in [1.82, 2.24) is 4.90 Å². The molecule has 3 nitrogen and oxygen atoms in total. The topological polar surface area (TPSA) is 38.5 Å². The molecule has 3 heteroatoms. The van der Waals surface area contributed by atoms with Crippen LogP contribution >= 0.6 is 0 Å². The van der Waals surface area contributed by atoms with Gasteiger partial charge in [0.05, 0.1) is 12.6 Å². The van der Waals surface area contributed by atoms with Crippen LogP contribution in [0.25, 0.3) is 0 Å². The minimum atomic E-state index is -0.443. The second-order valence-electron chi connectivity index (χ2n) is 5.54. The highest BCUT2D eigenvalue weighted by atomic mass is 16.5. The van der Waals surface area contributed by atoms with Crippen LogP contribution in [0.2, 0.25) is 0 Å². The number of benzene rings is 1. The molecule has 1 rings (SSSR count). The first-order valence-corrected chi connectivity index (χ1v) is 6.55. The number of rotatable bonds is 6. The summed E-state index contributed by atoms with van der Waals surface area (Å²) in [6, 6.07) is 8.21. The Morgan fingerprint density at radius 2 is 1.89 bits per heavy atom. The SMILES string of the molecule is C=C(C)CC(N)(c1ccc(OC)cc1)C(C)N(C)C. The standard InChI is InChI=1S/C16H26N2O/c1-12(2)11-16(17,13(3)18(4)5)14-7-9-15(19-6)10-8-14/h7-10,13H,1,11,17H2,2-6H3. The lowest BCUT2D eigenvalue weighted by Crippen LogP contribution is -2.52. The summed E-state index contributed by atoms with van der Waals surface area (Å²) < 4.78 is 5.20. The van der Waals surface area contributed by atoms with Gasteiger partial charge in [-0.25, -0.2) is 0 Å². The summed E-state index contributed by atoms with van der Waals surface area (Å²) in [4.78, 5) is 2.15. The number of hydrogen-bond acceptors (Lipinski definition) is 3. The van der Waals surface area contributed by atoms with E-state index < -0.39 is 5.54 Å². The van der Waals surface area contributed by atoms with Crippen LogP contribution in [0.4, 0.5) is 0 Å². The molecule has 0 saturated heterocycles. The van der Waals surface area contributed by atoms with E-state index in [0.29, 0.717) is 0 Å². The van der Waals surface area contributed by atoms with Crippen LogP contribution in [-0.4, -0.2) is 32.1 Å². The van der Waals surface area contributed by atoms with Gasteiger partial charge in [-0.2, -0.15) is 0 Å². The van der Waals surface area contributed by atoms with Gasteiger partial charge in [0.1, 0.15) is 5.75 Å². The summed E-state index contributed by atoms with van der Waals surface area (Å²) in [6.07, 6.45) is 0.763. The molecule has 0 radical (unpaired) electrons. The first-order chi connectivity index (χ1) is 8.81. The molecular weight excluding hydrogens is 236 g/mol. The normalized spacial score (nSPS) is 15.9. The fourth-order valence-corrected chi connectivity index (χ4v) is 2.35. The number of nitrogens with zero attached hydrogens (tertiary/aromatic N) is 1. The highest BCUT2D eigenvalue weighted by molar-refractivity contribution is 5.34. The van der Waals surface area contributed by atoms with Crippen molar-refractivity contribution in [2.75, 3.05) is 21.2 Å². The quantitative estimate of drug-likeness (QED) is 0.801. The number of methoxy groups -OCH3 is 1. The number of ether oxygens (including phenoxy) is 1. The maximum absolute atomic E-state index is 6.71. The molecule has 0 saturated carbocycles. The lowest BCUT2D eigenvalue weighted by molar-refractivity contribution is 0.190. The third kappa shape index (κ3) is 3.58. The second-order valence-corrected chi connectivity index (χ2v) is 5.54. The van der Waals surface area contributed by atoms with E-state index in [1.54, 1.807) is 7.11 Å². The van der Waals surface area contributed by atoms with E-state index in [4.69, 9.17) is 10.5 Å². The van der Waals surface area contributed by atoms with Crippen LogP contribution < -0.4 is 10.5 Å². The minimum Gasteiger partial charge on any atom is -0.497 e. The van der Waals surface area contributed by atoms with Gasteiger partial charge < -0.3 is 15.4 Å². The molecule has 2 unspecified atom stereocenters. The Hall–Kier alpha value is -1.32. The van der Waals surface area contributed by atoms with Gasteiger partial charge in [0.25, 0.3) is 0 Å². The monoisotopic (exact) mass is 262 g/mol. The molecule has 0 aliphatic rings. The summed E-state index contributed by atoms with van der Waals surface area (Å²) in [5, 5.41) is 0. The van der Waals surface area contributed by atoms with Gasteiger partial charge in [-0.15, -0.1) is 6.58 Å².